The molecule has 0 radical (unpaired) electrons. The fourth-order valence-corrected chi connectivity index (χ4v) is 11.5. The molecule has 0 saturated carbocycles. The normalized spacial score (nSPS) is 11.5. The van der Waals surface area contributed by atoms with E-state index in [4.69, 9.17) is 0 Å². The molecule has 0 aliphatic rings. The fraction of sp³-hybridized carbons (Fsp3) is 0. The quantitative estimate of drug-likeness (QED) is 0.137. The van der Waals surface area contributed by atoms with Crippen LogP contribution in [-0.4, -0.2) is 0 Å². The number of hydrogen-bond donors (Lipinski definition) is 0. The summed E-state index contributed by atoms with van der Waals surface area (Å²) >= 11 is 1.86. The van der Waals surface area contributed by atoms with Gasteiger partial charge in [0.25, 0.3) is 0 Å². The van der Waals surface area contributed by atoms with Crippen molar-refractivity contribution in [2.24, 2.45) is 0 Å². The molecule has 0 N–H and O–H groups in total. The lowest BCUT2D eigenvalue weighted by molar-refractivity contribution is 1.30. The first-order valence-electron chi connectivity index (χ1n) is 23.3. The third kappa shape index (κ3) is 6.93. The first kappa shape index (κ1) is 39.8. The van der Waals surface area contributed by atoms with E-state index in [1.165, 1.54) is 103 Å². The summed E-state index contributed by atoms with van der Waals surface area (Å²) in [5.41, 5.74) is 15.4. The van der Waals surface area contributed by atoms with Crippen molar-refractivity contribution >= 4 is 80.9 Å². The van der Waals surface area contributed by atoms with Crippen molar-refractivity contribution in [1.29, 1.82) is 0 Å². The van der Waals surface area contributed by atoms with Gasteiger partial charge < -0.3 is 4.90 Å². The van der Waals surface area contributed by atoms with Crippen LogP contribution in [0.25, 0.3) is 108 Å². The summed E-state index contributed by atoms with van der Waals surface area (Å²) in [6.45, 7) is 0. The van der Waals surface area contributed by atoms with Gasteiger partial charge in [-0.3, -0.25) is 0 Å². The number of thiophene rings is 1. The maximum Gasteiger partial charge on any atom is 0.0554 e. The summed E-state index contributed by atoms with van der Waals surface area (Å²) in [7, 11) is 0. The Bertz CT molecular complexity index is 4000. The molecule has 13 aromatic rings. The van der Waals surface area contributed by atoms with Crippen LogP contribution in [-0.2, 0) is 0 Å². The predicted molar refractivity (Wildman–Crippen MR) is 294 cm³/mol. The second kappa shape index (κ2) is 16.7. The minimum Gasteiger partial charge on any atom is -0.310 e. The van der Waals surface area contributed by atoms with Crippen molar-refractivity contribution in [3.63, 3.8) is 0 Å². The van der Waals surface area contributed by atoms with Crippen LogP contribution < -0.4 is 4.90 Å². The second-order valence-electron chi connectivity index (χ2n) is 17.6. The molecule has 68 heavy (non-hydrogen) atoms. The molecule has 0 unspecified atom stereocenters. The molecule has 1 nitrogen and oxygen atoms in total. The number of fused-ring (bicyclic) bond motifs is 7. The van der Waals surface area contributed by atoms with E-state index in [0.717, 1.165) is 22.6 Å². The molecule has 0 aliphatic heterocycles. The summed E-state index contributed by atoms with van der Waals surface area (Å²) in [6, 6.07) is 95.8. The van der Waals surface area contributed by atoms with E-state index >= 15 is 0 Å². The van der Waals surface area contributed by atoms with E-state index in [2.05, 4.69) is 266 Å². The largest absolute Gasteiger partial charge is 0.310 e. The maximum atomic E-state index is 2.45. The fourth-order valence-electron chi connectivity index (χ4n) is 10.4. The summed E-state index contributed by atoms with van der Waals surface area (Å²) in [4.78, 5) is 2.45. The molecule has 0 saturated heterocycles. The lowest BCUT2D eigenvalue weighted by Crippen LogP contribution is -2.10. The van der Waals surface area contributed by atoms with Crippen LogP contribution in [0, 0.1) is 0 Å². The van der Waals surface area contributed by atoms with Crippen LogP contribution >= 0.6 is 11.3 Å². The summed E-state index contributed by atoms with van der Waals surface area (Å²) in [6.07, 6.45) is 0. The van der Waals surface area contributed by atoms with E-state index in [0.29, 0.717) is 0 Å². The van der Waals surface area contributed by atoms with E-state index in [1.807, 2.05) is 11.3 Å². The van der Waals surface area contributed by atoms with Crippen molar-refractivity contribution in [1.82, 2.24) is 0 Å². The van der Waals surface area contributed by atoms with Gasteiger partial charge >= 0.3 is 0 Å². The van der Waals surface area contributed by atoms with Gasteiger partial charge in [-0.25, -0.2) is 0 Å². The molecule has 0 bridgehead atoms. The predicted octanol–water partition coefficient (Wildman–Crippen LogP) is 19.3. The van der Waals surface area contributed by atoms with Crippen molar-refractivity contribution in [2.45, 2.75) is 0 Å². The van der Waals surface area contributed by atoms with Gasteiger partial charge in [-0.05, 0) is 143 Å². The standard InChI is InChI=1S/C66H43NS/c1-3-16-48(17-4-1)64-58-24-10-9-23-56(58)57-40-37-53(43-60(57)65(64)49-18-5-2-6-19-49)51-21-13-22-55(42-51)67(61-26-14-28-63-66(61)59-25-11-12-27-62(59)68-63)54-38-35-46(36-39-54)45-29-31-47(32-30-45)52-34-33-44-15-7-8-20-50(44)41-52/h1-43H. The van der Waals surface area contributed by atoms with Crippen LogP contribution in [0.15, 0.2) is 261 Å². The molecule has 318 valence electrons. The van der Waals surface area contributed by atoms with Crippen molar-refractivity contribution in [3.8, 4) is 55.6 Å². The SMILES string of the molecule is c1ccc(-c2c(-c3ccccc3)c3cc(-c4cccc(N(c5ccc(-c6ccc(-c7ccc8ccccc8c7)cc6)cc5)c5cccc6sc7ccccc7c56)c4)ccc3c3ccccc23)cc1. The van der Waals surface area contributed by atoms with Gasteiger partial charge in [0.05, 0.1) is 5.69 Å². The minimum absolute atomic E-state index is 1.10. The molecule has 1 aromatic heterocycles. The minimum atomic E-state index is 1.10. The highest BCUT2D eigenvalue weighted by Gasteiger charge is 2.21. The first-order valence-corrected chi connectivity index (χ1v) is 24.1. The number of anilines is 3. The molecule has 0 spiro atoms. The molecule has 0 fully saturated rings. The Morgan fingerprint density at radius 1 is 0.250 bits per heavy atom. The summed E-state index contributed by atoms with van der Waals surface area (Å²) in [5.74, 6) is 0. The average molecular weight is 882 g/mol. The Labute approximate surface area is 400 Å². The topological polar surface area (TPSA) is 3.24 Å². The lowest BCUT2D eigenvalue weighted by Gasteiger charge is -2.27. The zero-order chi connectivity index (χ0) is 45.0. The molecule has 12 aromatic carbocycles. The highest BCUT2D eigenvalue weighted by atomic mass is 32.1. The van der Waals surface area contributed by atoms with Crippen LogP contribution in [0.4, 0.5) is 17.1 Å². The Morgan fingerprint density at radius 3 is 1.50 bits per heavy atom. The van der Waals surface area contributed by atoms with Crippen LogP contribution in [0.2, 0.25) is 0 Å². The van der Waals surface area contributed by atoms with Gasteiger partial charge in [-0.1, -0.05) is 206 Å². The molecular formula is C66H43NS. The molecule has 0 aliphatic carbocycles. The number of hydrogen-bond acceptors (Lipinski definition) is 2. The van der Waals surface area contributed by atoms with Crippen molar-refractivity contribution in [3.05, 3.63) is 261 Å². The first-order chi connectivity index (χ1) is 33.7. The number of benzene rings is 12. The molecule has 13 rings (SSSR count). The highest BCUT2D eigenvalue weighted by molar-refractivity contribution is 7.26. The zero-order valence-corrected chi connectivity index (χ0v) is 38.0. The Morgan fingerprint density at radius 2 is 0.750 bits per heavy atom. The third-order valence-electron chi connectivity index (χ3n) is 13.6. The molecular weight excluding hydrogens is 839 g/mol. The van der Waals surface area contributed by atoms with Gasteiger partial charge in [0.15, 0.2) is 0 Å². The Balaban J connectivity index is 0.948. The molecule has 0 atom stereocenters. The zero-order valence-electron chi connectivity index (χ0n) is 37.2. The molecule has 2 heteroatoms. The van der Waals surface area contributed by atoms with E-state index in [-0.39, 0.29) is 0 Å². The number of rotatable bonds is 8. The van der Waals surface area contributed by atoms with E-state index < -0.39 is 0 Å². The van der Waals surface area contributed by atoms with Gasteiger partial charge in [-0.2, -0.15) is 0 Å². The van der Waals surface area contributed by atoms with Gasteiger partial charge in [0.2, 0.25) is 0 Å². The average Bonchev–Trinajstić information content (AvgIpc) is 3.81. The second-order valence-corrected chi connectivity index (χ2v) is 18.7. The van der Waals surface area contributed by atoms with Crippen LogP contribution in [0.5, 0.6) is 0 Å². The Kier molecular flexibility index (Phi) is 9.77. The van der Waals surface area contributed by atoms with Crippen LogP contribution in [0.1, 0.15) is 0 Å². The smallest absolute Gasteiger partial charge is 0.0554 e. The van der Waals surface area contributed by atoms with E-state index in [9.17, 15) is 0 Å². The van der Waals surface area contributed by atoms with Crippen molar-refractivity contribution in [2.75, 3.05) is 4.90 Å². The van der Waals surface area contributed by atoms with E-state index in [1.54, 1.807) is 0 Å². The van der Waals surface area contributed by atoms with Gasteiger partial charge in [-0.15, -0.1) is 11.3 Å². The van der Waals surface area contributed by atoms with Crippen LogP contribution in [0.3, 0.4) is 0 Å². The highest BCUT2D eigenvalue weighted by Crippen LogP contribution is 2.48. The maximum absolute atomic E-state index is 2.45. The molecule has 1 heterocycles. The van der Waals surface area contributed by atoms with Gasteiger partial charge in [0.1, 0.15) is 0 Å². The Hall–Kier alpha value is -8.56. The molecule has 0 amide bonds. The number of nitrogens with zero attached hydrogens (tertiary/aromatic N) is 1. The summed E-state index contributed by atoms with van der Waals surface area (Å²) < 4.78 is 2.57. The van der Waals surface area contributed by atoms with Gasteiger partial charge in [0, 0.05) is 31.5 Å². The monoisotopic (exact) mass is 881 g/mol. The summed E-state index contributed by atoms with van der Waals surface area (Å²) in [5, 5.41) is 10.1. The lowest BCUT2D eigenvalue weighted by atomic mass is 9.84. The van der Waals surface area contributed by atoms with Crippen molar-refractivity contribution < 1.29 is 0 Å². The third-order valence-corrected chi connectivity index (χ3v) is 14.8.